The number of aromatic nitrogens is 2. The molecule has 0 aliphatic rings. The van der Waals surface area contributed by atoms with Gasteiger partial charge in [0.25, 0.3) is 0 Å². The Morgan fingerprint density at radius 3 is 2.56 bits per heavy atom. The Kier molecular flexibility index (Phi) is 7.88. The first-order valence-corrected chi connectivity index (χ1v) is 5.88. The van der Waals surface area contributed by atoms with Crippen LogP contribution in [0.2, 0.25) is 0 Å². The standard InChI is InChI=1S/C11H21N5O.HI/c1-7(2)10-15-9(17-16-10)5-6-13-11(12)14-8(3)4;/h7-8H,5-6H2,1-4H3,(H3,12,13,14);1H. The van der Waals surface area contributed by atoms with Gasteiger partial charge in [0.1, 0.15) is 0 Å². The van der Waals surface area contributed by atoms with Crippen LogP contribution in [-0.2, 0) is 6.42 Å². The molecule has 1 aromatic heterocycles. The molecular formula is C11H22IN5O. The van der Waals surface area contributed by atoms with Crippen molar-refractivity contribution in [2.45, 2.75) is 46.1 Å². The highest BCUT2D eigenvalue weighted by atomic mass is 127. The van der Waals surface area contributed by atoms with Crippen molar-refractivity contribution in [3.8, 4) is 0 Å². The Morgan fingerprint density at radius 2 is 2.06 bits per heavy atom. The number of aliphatic imine (C=N–C) groups is 1. The van der Waals surface area contributed by atoms with Crippen LogP contribution < -0.4 is 11.1 Å². The quantitative estimate of drug-likeness (QED) is 0.470. The Labute approximate surface area is 125 Å². The summed E-state index contributed by atoms with van der Waals surface area (Å²) in [5.41, 5.74) is 5.66. The SMILES string of the molecule is CC(C)NC(N)=NCCc1nc(C(C)C)no1.I. The molecule has 18 heavy (non-hydrogen) atoms. The summed E-state index contributed by atoms with van der Waals surface area (Å²) in [6.07, 6.45) is 0.611. The summed E-state index contributed by atoms with van der Waals surface area (Å²) in [5.74, 6) is 2.07. The second-order valence-electron chi connectivity index (χ2n) is 4.52. The van der Waals surface area contributed by atoms with Crippen molar-refractivity contribution in [2.24, 2.45) is 10.7 Å². The van der Waals surface area contributed by atoms with Gasteiger partial charge in [-0.1, -0.05) is 19.0 Å². The number of rotatable bonds is 5. The summed E-state index contributed by atoms with van der Waals surface area (Å²) in [5, 5.41) is 6.89. The number of nitrogens with zero attached hydrogens (tertiary/aromatic N) is 3. The van der Waals surface area contributed by atoms with E-state index in [0.29, 0.717) is 24.8 Å². The number of guanidine groups is 1. The molecule has 7 heteroatoms. The minimum atomic E-state index is 0. The number of halogens is 1. The first kappa shape index (κ1) is 17.1. The second kappa shape index (κ2) is 8.28. The molecule has 1 heterocycles. The highest BCUT2D eigenvalue weighted by Gasteiger charge is 2.08. The van der Waals surface area contributed by atoms with Gasteiger partial charge in [-0.25, -0.2) is 0 Å². The maximum Gasteiger partial charge on any atom is 0.228 e. The molecule has 0 spiro atoms. The van der Waals surface area contributed by atoms with Gasteiger partial charge in [0, 0.05) is 18.4 Å². The van der Waals surface area contributed by atoms with E-state index in [1.807, 2.05) is 27.7 Å². The predicted octanol–water partition coefficient (Wildman–Crippen LogP) is 1.67. The zero-order chi connectivity index (χ0) is 12.8. The van der Waals surface area contributed by atoms with Gasteiger partial charge in [0.2, 0.25) is 5.89 Å². The van der Waals surface area contributed by atoms with Gasteiger partial charge in [-0.15, -0.1) is 24.0 Å². The van der Waals surface area contributed by atoms with Crippen LogP contribution >= 0.6 is 24.0 Å². The van der Waals surface area contributed by atoms with Gasteiger partial charge in [0.05, 0.1) is 6.54 Å². The molecule has 1 rings (SSSR count). The van der Waals surface area contributed by atoms with Crippen LogP contribution in [0.4, 0.5) is 0 Å². The molecule has 0 amide bonds. The smallest absolute Gasteiger partial charge is 0.228 e. The number of hydrogen-bond acceptors (Lipinski definition) is 4. The van der Waals surface area contributed by atoms with Gasteiger partial charge in [-0.05, 0) is 13.8 Å². The molecule has 0 bridgehead atoms. The zero-order valence-corrected chi connectivity index (χ0v) is 13.6. The van der Waals surface area contributed by atoms with E-state index in [-0.39, 0.29) is 35.9 Å². The molecule has 0 unspecified atom stereocenters. The van der Waals surface area contributed by atoms with E-state index < -0.39 is 0 Å². The zero-order valence-electron chi connectivity index (χ0n) is 11.3. The van der Waals surface area contributed by atoms with Crippen molar-refractivity contribution in [1.29, 1.82) is 0 Å². The summed E-state index contributed by atoms with van der Waals surface area (Å²) in [6.45, 7) is 8.62. The molecule has 0 saturated heterocycles. The van der Waals surface area contributed by atoms with E-state index >= 15 is 0 Å². The normalized spacial score (nSPS) is 11.8. The second-order valence-corrected chi connectivity index (χ2v) is 4.52. The lowest BCUT2D eigenvalue weighted by molar-refractivity contribution is 0.372. The third-order valence-electron chi connectivity index (χ3n) is 2.04. The summed E-state index contributed by atoms with van der Waals surface area (Å²) < 4.78 is 5.10. The molecule has 1 aromatic rings. The van der Waals surface area contributed by atoms with Crippen LogP contribution in [0.3, 0.4) is 0 Å². The average molecular weight is 367 g/mol. The average Bonchev–Trinajstić information content (AvgIpc) is 2.65. The highest BCUT2D eigenvalue weighted by Crippen LogP contribution is 2.09. The summed E-state index contributed by atoms with van der Waals surface area (Å²) in [6, 6.07) is 0.287. The Hall–Kier alpha value is -0.860. The lowest BCUT2D eigenvalue weighted by atomic mass is 10.2. The monoisotopic (exact) mass is 367 g/mol. The Bertz CT molecular complexity index is 375. The molecule has 3 N–H and O–H groups in total. The highest BCUT2D eigenvalue weighted by molar-refractivity contribution is 14.0. The molecule has 0 saturated carbocycles. The van der Waals surface area contributed by atoms with Gasteiger partial charge >= 0.3 is 0 Å². The third kappa shape index (κ3) is 6.18. The van der Waals surface area contributed by atoms with Crippen molar-refractivity contribution >= 4 is 29.9 Å². The Morgan fingerprint density at radius 1 is 1.39 bits per heavy atom. The minimum absolute atomic E-state index is 0. The number of nitrogens with two attached hydrogens (primary N) is 1. The van der Waals surface area contributed by atoms with Crippen LogP contribution in [0.15, 0.2) is 9.52 Å². The van der Waals surface area contributed by atoms with Gasteiger partial charge in [0.15, 0.2) is 11.8 Å². The van der Waals surface area contributed by atoms with Crippen molar-refractivity contribution < 1.29 is 4.52 Å². The molecule has 6 nitrogen and oxygen atoms in total. The van der Waals surface area contributed by atoms with Crippen molar-refractivity contribution in [2.75, 3.05) is 6.54 Å². The molecule has 104 valence electrons. The minimum Gasteiger partial charge on any atom is -0.370 e. The van der Waals surface area contributed by atoms with Crippen molar-refractivity contribution in [3.05, 3.63) is 11.7 Å². The molecule has 0 aliphatic carbocycles. The lowest BCUT2D eigenvalue weighted by Crippen LogP contribution is -2.36. The van der Waals surface area contributed by atoms with Crippen LogP contribution in [0.25, 0.3) is 0 Å². The third-order valence-corrected chi connectivity index (χ3v) is 2.04. The van der Waals surface area contributed by atoms with E-state index in [1.54, 1.807) is 0 Å². The molecule has 0 aliphatic heterocycles. The number of nitrogens with one attached hydrogen (secondary N) is 1. The van der Waals surface area contributed by atoms with E-state index in [9.17, 15) is 0 Å². The van der Waals surface area contributed by atoms with E-state index in [1.165, 1.54) is 0 Å². The van der Waals surface area contributed by atoms with Crippen molar-refractivity contribution in [1.82, 2.24) is 15.5 Å². The fourth-order valence-electron chi connectivity index (χ4n) is 1.22. The Balaban J connectivity index is 0.00000289. The van der Waals surface area contributed by atoms with Crippen molar-refractivity contribution in [3.63, 3.8) is 0 Å². The first-order valence-electron chi connectivity index (χ1n) is 5.88. The number of hydrogen-bond donors (Lipinski definition) is 2. The van der Waals surface area contributed by atoms with Crippen LogP contribution in [0.5, 0.6) is 0 Å². The fraction of sp³-hybridized carbons (Fsp3) is 0.727. The first-order chi connectivity index (χ1) is 7.99. The van der Waals surface area contributed by atoms with Crippen LogP contribution in [-0.4, -0.2) is 28.7 Å². The molecule has 0 atom stereocenters. The van der Waals surface area contributed by atoms with E-state index in [4.69, 9.17) is 10.3 Å². The predicted molar refractivity (Wildman–Crippen MR) is 82.3 cm³/mol. The van der Waals surface area contributed by atoms with Gasteiger partial charge < -0.3 is 15.6 Å². The fourth-order valence-corrected chi connectivity index (χ4v) is 1.22. The van der Waals surface area contributed by atoms with E-state index in [0.717, 1.165) is 5.82 Å². The summed E-state index contributed by atoms with van der Waals surface area (Å²) in [4.78, 5) is 8.43. The van der Waals surface area contributed by atoms with E-state index in [2.05, 4.69) is 20.4 Å². The topological polar surface area (TPSA) is 89.3 Å². The molecule has 0 radical (unpaired) electrons. The van der Waals surface area contributed by atoms with Gasteiger partial charge in [-0.3, -0.25) is 4.99 Å². The molecule has 0 aromatic carbocycles. The lowest BCUT2D eigenvalue weighted by Gasteiger charge is -2.07. The molecular weight excluding hydrogens is 345 g/mol. The summed E-state index contributed by atoms with van der Waals surface area (Å²) >= 11 is 0. The van der Waals surface area contributed by atoms with Gasteiger partial charge in [-0.2, -0.15) is 4.98 Å². The largest absolute Gasteiger partial charge is 0.370 e. The molecule has 0 fully saturated rings. The maximum atomic E-state index is 5.66. The van der Waals surface area contributed by atoms with Crippen LogP contribution in [0, 0.1) is 0 Å². The summed E-state index contributed by atoms with van der Waals surface area (Å²) in [7, 11) is 0. The maximum absolute atomic E-state index is 5.66. The van der Waals surface area contributed by atoms with Crippen LogP contribution in [0.1, 0.15) is 45.3 Å².